The van der Waals surface area contributed by atoms with Gasteiger partial charge in [-0.05, 0) is 50.1 Å². The lowest BCUT2D eigenvalue weighted by atomic mass is 9.74. The molecule has 1 fully saturated rings. The van der Waals surface area contributed by atoms with Crippen LogP contribution in [0.25, 0.3) is 0 Å². The summed E-state index contributed by atoms with van der Waals surface area (Å²) >= 11 is 3.49. The van der Waals surface area contributed by atoms with Crippen LogP contribution in [0.4, 0.5) is 5.69 Å². The highest BCUT2D eigenvalue weighted by Crippen LogP contribution is 2.35. The lowest BCUT2D eigenvalue weighted by Crippen LogP contribution is -2.39. The number of hydrogen-bond donors (Lipinski definition) is 1. The Bertz CT molecular complexity index is 507. The number of non-ortho nitro benzene ring substituents is 1. The van der Waals surface area contributed by atoms with E-state index >= 15 is 0 Å². The molecule has 0 aliphatic heterocycles. The molecule has 116 valence electrons. The van der Waals surface area contributed by atoms with Crippen LogP contribution in [-0.4, -0.2) is 18.0 Å². The molecule has 0 radical (unpaired) electrons. The van der Waals surface area contributed by atoms with Crippen LogP contribution in [0.15, 0.2) is 22.7 Å². The Labute approximate surface area is 134 Å². The molecule has 0 aromatic heterocycles. The molecule has 0 spiro atoms. The van der Waals surface area contributed by atoms with Crippen molar-refractivity contribution in [1.82, 2.24) is 5.32 Å². The van der Waals surface area contributed by atoms with E-state index in [1.165, 1.54) is 31.2 Å². The Kier molecular flexibility index (Phi) is 5.76. The fourth-order valence-corrected chi connectivity index (χ4v) is 3.96. The van der Waals surface area contributed by atoms with Crippen molar-refractivity contribution in [2.75, 3.05) is 7.05 Å². The van der Waals surface area contributed by atoms with Crippen LogP contribution in [0.1, 0.15) is 38.2 Å². The molecule has 0 saturated heterocycles. The molecule has 0 heterocycles. The monoisotopic (exact) mass is 354 g/mol. The highest BCUT2D eigenvalue weighted by molar-refractivity contribution is 9.10. The van der Waals surface area contributed by atoms with Crippen LogP contribution in [0.3, 0.4) is 0 Å². The molecule has 3 unspecified atom stereocenters. The lowest BCUT2D eigenvalue weighted by Gasteiger charge is -2.36. The SMILES string of the molecule is CCC1CCC(NC)C(Cc2ccc([N+](=O)[O-])cc2Br)C1. The molecule has 5 heteroatoms. The molecule has 1 aromatic carbocycles. The van der Waals surface area contributed by atoms with E-state index in [2.05, 4.69) is 28.2 Å². The molecular weight excluding hydrogens is 332 g/mol. The number of nitro benzene ring substituents is 1. The molecule has 1 saturated carbocycles. The van der Waals surface area contributed by atoms with Crippen molar-refractivity contribution < 1.29 is 4.92 Å². The summed E-state index contributed by atoms with van der Waals surface area (Å²) in [5, 5.41) is 14.3. The average Bonchev–Trinajstić information content (AvgIpc) is 2.49. The molecule has 1 N–H and O–H groups in total. The fraction of sp³-hybridized carbons (Fsp3) is 0.625. The maximum Gasteiger partial charge on any atom is 0.270 e. The van der Waals surface area contributed by atoms with Gasteiger partial charge < -0.3 is 5.32 Å². The zero-order valence-electron chi connectivity index (χ0n) is 12.6. The van der Waals surface area contributed by atoms with Crippen LogP contribution in [-0.2, 0) is 6.42 Å². The molecule has 4 nitrogen and oxygen atoms in total. The predicted molar refractivity (Wildman–Crippen MR) is 88.5 cm³/mol. The number of nitro groups is 1. The second-order valence-corrected chi connectivity index (χ2v) is 6.83. The first-order valence-electron chi connectivity index (χ1n) is 7.65. The normalized spacial score (nSPS) is 25.8. The summed E-state index contributed by atoms with van der Waals surface area (Å²) in [5.41, 5.74) is 1.31. The highest BCUT2D eigenvalue weighted by Gasteiger charge is 2.29. The van der Waals surface area contributed by atoms with Gasteiger partial charge in [0.2, 0.25) is 0 Å². The van der Waals surface area contributed by atoms with Crippen LogP contribution in [0.2, 0.25) is 0 Å². The summed E-state index contributed by atoms with van der Waals surface area (Å²) in [5.74, 6) is 1.42. The minimum absolute atomic E-state index is 0.144. The van der Waals surface area contributed by atoms with E-state index in [9.17, 15) is 10.1 Å². The van der Waals surface area contributed by atoms with Crippen molar-refractivity contribution in [2.24, 2.45) is 11.8 Å². The third-order valence-electron chi connectivity index (χ3n) is 4.77. The number of nitrogens with one attached hydrogen (secondary N) is 1. The van der Waals surface area contributed by atoms with Crippen molar-refractivity contribution in [3.05, 3.63) is 38.3 Å². The standard InChI is InChI=1S/C16H23BrN2O2/c1-3-11-4-7-16(18-2)13(8-11)9-12-5-6-14(19(20)21)10-15(12)17/h5-6,10-11,13,16,18H,3-4,7-9H2,1-2H3. The van der Waals surface area contributed by atoms with Gasteiger partial charge in [0.05, 0.1) is 4.92 Å². The summed E-state index contributed by atoms with van der Waals surface area (Å²) in [4.78, 5) is 10.5. The second kappa shape index (κ2) is 7.36. The van der Waals surface area contributed by atoms with Crippen molar-refractivity contribution in [1.29, 1.82) is 0 Å². The zero-order valence-corrected chi connectivity index (χ0v) is 14.2. The molecule has 1 aliphatic rings. The first-order chi connectivity index (χ1) is 10.0. The predicted octanol–water partition coefficient (Wildman–Crippen LogP) is 4.31. The van der Waals surface area contributed by atoms with E-state index in [0.29, 0.717) is 12.0 Å². The van der Waals surface area contributed by atoms with E-state index < -0.39 is 0 Å². The van der Waals surface area contributed by atoms with Gasteiger partial charge in [0.1, 0.15) is 0 Å². The smallest absolute Gasteiger partial charge is 0.270 e. The molecule has 2 rings (SSSR count). The Hall–Kier alpha value is -0.940. The molecule has 1 aliphatic carbocycles. The second-order valence-electron chi connectivity index (χ2n) is 5.98. The summed E-state index contributed by atoms with van der Waals surface area (Å²) in [6.07, 6.45) is 5.99. The van der Waals surface area contributed by atoms with Gasteiger partial charge in [-0.1, -0.05) is 35.3 Å². The van der Waals surface area contributed by atoms with Crippen molar-refractivity contribution >= 4 is 21.6 Å². The molecule has 21 heavy (non-hydrogen) atoms. The Balaban J connectivity index is 2.13. The quantitative estimate of drug-likeness (QED) is 0.632. The number of nitrogens with zero attached hydrogens (tertiary/aromatic N) is 1. The fourth-order valence-electron chi connectivity index (χ4n) is 3.44. The number of rotatable bonds is 5. The van der Waals surface area contributed by atoms with E-state index in [0.717, 1.165) is 16.8 Å². The van der Waals surface area contributed by atoms with E-state index in [1.807, 2.05) is 13.1 Å². The van der Waals surface area contributed by atoms with E-state index in [1.54, 1.807) is 12.1 Å². The first kappa shape index (κ1) is 16.4. The maximum absolute atomic E-state index is 10.8. The number of halogens is 1. The minimum Gasteiger partial charge on any atom is -0.317 e. The molecule has 0 bridgehead atoms. The third kappa shape index (κ3) is 4.04. The van der Waals surface area contributed by atoms with Crippen LogP contribution in [0.5, 0.6) is 0 Å². The Morgan fingerprint density at radius 1 is 1.43 bits per heavy atom. The summed E-state index contributed by atoms with van der Waals surface area (Å²) < 4.78 is 0.852. The van der Waals surface area contributed by atoms with Gasteiger partial charge >= 0.3 is 0 Å². The van der Waals surface area contributed by atoms with Gasteiger partial charge in [-0.25, -0.2) is 0 Å². The summed E-state index contributed by atoms with van der Waals surface area (Å²) in [6, 6.07) is 5.66. The summed E-state index contributed by atoms with van der Waals surface area (Å²) in [6.45, 7) is 2.27. The maximum atomic E-state index is 10.8. The van der Waals surface area contributed by atoms with E-state index in [-0.39, 0.29) is 10.6 Å². The van der Waals surface area contributed by atoms with Gasteiger partial charge in [-0.2, -0.15) is 0 Å². The number of benzene rings is 1. The first-order valence-corrected chi connectivity index (χ1v) is 8.44. The van der Waals surface area contributed by atoms with Crippen LogP contribution in [0, 0.1) is 22.0 Å². The van der Waals surface area contributed by atoms with E-state index in [4.69, 9.17) is 0 Å². The molecule has 0 amide bonds. The largest absolute Gasteiger partial charge is 0.317 e. The lowest BCUT2D eigenvalue weighted by molar-refractivity contribution is -0.384. The van der Waals surface area contributed by atoms with Gasteiger partial charge in [-0.15, -0.1) is 0 Å². The minimum atomic E-state index is -0.349. The number of hydrogen-bond acceptors (Lipinski definition) is 3. The highest BCUT2D eigenvalue weighted by atomic mass is 79.9. The van der Waals surface area contributed by atoms with Gasteiger partial charge in [0, 0.05) is 22.6 Å². The van der Waals surface area contributed by atoms with Gasteiger partial charge in [-0.3, -0.25) is 10.1 Å². The van der Waals surface area contributed by atoms with Crippen molar-refractivity contribution in [2.45, 2.75) is 45.1 Å². The van der Waals surface area contributed by atoms with Gasteiger partial charge in [0.25, 0.3) is 5.69 Å². The van der Waals surface area contributed by atoms with Crippen LogP contribution >= 0.6 is 15.9 Å². The average molecular weight is 355 g/mol. The van der Waals surface area contributed by atoms with Crippen molar-refractivity contribution in [3.8, 4) is 0 Å². The molecule has 3 atom stereocenters. The molecular formula is C16H23BrN2O2. The topological polar surface area (TPSA) is 55.2 Å². The van der Waals surface area contributed by atoms with Gasteiger partial charge in [0.15, 0.2) is 0 Å². The third-order valence-corrected chi connectivity index (χ3v) is 5.51. The molecule has 1 aromatic rings. The van der Waals surface area contributed by atoms with Crippen LogP contribution < -0.4 is 5.32 Å². The Morgan fingerprint density at radius 3 is 2.76 bits per heavy atom. The summed E-state index contributed by atoms with van der Waals surface area (Å²) in [7, 11) is 2.04. The van der Waals surface area contributed by atoms with Crippen molar-refractivity contribution in [3.63, 3.8) is 0 Å². The Morgan fingerprint density at radius 2 is 2.19 bits per heavy atom. The zero-order chi connectivity index (χ0) is 15.4.